The molecule has 6 heteroatoms. The van der Waals surface area contributed by atoms with Crippen LogP contribution in [0.25, 0.3) is 0 Å². The number of hydrogen-bond acceptors (Lipinski definition) is 4. The van der Waals surface area contributed by atoms with Gasteiger partial charge in [0, 0.05) is 0 Å². The number of nitrogens with two attached hydrogens (primary N) is 1. The third-order valence-electron chi connectivity index (χ3n) is 2.81. The van der Waals surface area contributed by atoms with Gasteiger partial charge >= 0.3 is 6.03 Å². The first-order chi connectivity index (χ1) is 10.7. The second kappa shape index (κ2) is 7.68. The number of urea groups is 1. The van der Waals surface area contributed by atoms with Gasteiger partial charge in [-0.15, -0.1) is 0 Å². The maximum absolute atomic E-state index is 10.5. The predicted molar refractivity (Wildman–Crippen MR) is 84.1 cm³/mol. The van der Waals surface area contributed by atoms with Crippen LogP contribution >= 0.6 is 0 Å². The zero-order valence-electron chi connectivity index (χ0n) is 12.2. The Morgan fingerprint density at radius 1 is 1.23 bits per heavy atom. The fourth-order valence-corrected chi connectivity index (χ4v) is 1.79. The van der Waals surface area contributed by atoms with Crippen LogP contribution in [0, 0.1) is 0 Å². The summed E-state index contributed by atoms with van der Waals surface area (Å²) < 4.78 is 11.1. The molecule has 0 bridgehead atoms. The molecule has 2 aromatic rings. The van der Waals surface area contributed by atoms with Gasteiger partial charge in [0.25, 0.3) is 0 Å². The average molecular weight is 299 g/mol. The first kappa shape index (κ1) is 15.4. The summed E-state index contributed by atoms with van der Waals surface area (Å²) in [4.78, 5) is 10.5. The molecule has 0 saturated heterocycles. The maximum atomic E-state index is 10.5. The number of nitrogens with one attached hydrogen (secondary N) is 1. The molecule has 0 aromatic heterocycles. The van der Waals surface area contributed by atoms with Crippen LogP contribution in [0.3, 0.4) is 0 Å². The summed E-state index contributed by atoms with van der Waals surface area (Å²) in [5.41, 5.74) is 8.87. The first-order valence-corrected chi connectivity index (χ1v) is 6.62. The van der Waals surface area contributed by atoms with E-state index in [1.807, 2.05) is 30.3 Å². The molecule has 0 atom stereocenters. The van der Waals surface area contributed by atoms with E-state index in [2.05, 4.69) is 10.5 Å². The number of benzene rings is 2. The molecule has 2 aromatic carbocycles. The van der Waals surface area contributed by atoms with Gasteiger partial charge in [-0.05, 0) is 29.3 Å². The van der Waals surface area contributed by atoms with Gasteiger partial charge in [0.2, 0.25) is 0 Å². The Bertz CT molecular complexity index is 657. The largest absolute Gasteiger partial charge is 0.493 e. The van der Waals surface area contributed by atoms with E-state index in [0.717, 1.165) is 11.1 Å². The summed E-state index contributed by atoms with van der Waals surface area (Å²) in [7, 11) is 1.56. The van der Waals surface area contributed by atoms with Crippen LogP contribution in [-0.4, -0.2) is 19.4 Å². The van der Waals surface area contributed by atoms with Crippen molar-refractivity contribution < 1.29 is 14.3 Å². The molecule has 22 heavy (non-hydrogen) atoms. The Hall–Kier alpha value is -3.02. The number of ether oxygens (including phenoxy) is 2. The Kier molecular flexibility index (Phi) is 5.37. The summed E-state index contributed by atoms with van der Waals surface area (Å²) in [5, 5.41) is 3.69. The minimum atomic E-state index is -0.717. The summed E-state index contributed by atoms with van der Waals surface area (Å²) in [6.45, 7) is 0.452. The molecule has 2 rings (SSSR count). The van der Waals surface area contributed by atoms with Crippen molar-refractivity contribution in [3.63, 3.8) is 0 Å². The first-order valence-electron chi connectivity index (χ1n) is 6.62. The van der Waals surface area contributed by atoms with Crippen molar-refractivity contribution in [1.82, 2.24) is 5.43 Å². The van der Waals surface area contributed by atoms with Gasteiger partial charge in [0.1, 0.15) is 6.61 Å². The van der Waals surface area contributed by atoms with E-state index < -0.39 is 6.03 Å². The van der Waals surface area contributed by atoms with Crippen LogP contribution in [0.5, 0.6) is 11.5 Å². The summed E-state index contributed by atoms with van der Waals surface area (Å²) in [6, 6.07) is 14.5. The maximum Gasteiger partial charge on any atom is 0.332 e. The summed E-state index contributed by atoms with van der Waals surface area (Å²) in [5.74, 6) is 1.21. The molecule has 0 spiro atoms. The number of rotatable bonds is 6. The van der Waals surface area contributed by atoms with Crippen LogP contribution in [-0.2, 0) is 6.61 Å². The summed E-state index contributed by atoms with van der Waals surface area (Å²) in [6.07, 6.45) is 1.47. The Morgan fingerprint density at radius 3 is 2.68 bits per heavy atom. The van der Waals surface area contributed by atoms with Crippen LogP contribution in [0.4, 0.5) is 4.79 Å². The second-order valence-corrected chi connectivity index (χ2v) is 4.42. The standard InChI is InChI=1S/C16H17N3O3/c1-21-15-9-13(10-18-19-16(17)20)7-8-14(15)22-11-12-5-3-2-4-6-12/h2-10H,11H2,1H3,(H3,17,19,20). The normalized spacial score (nSPS) is 10.4. The molecule has 2 amide bonds. The number of nitrogens with zero attached hydrogens (tertiary/aromatic N) is 1. The lowest BCUT2D eigenvalue weighted by Gasteiger charge is -2.11. The van der Waals surface area contributed by atoms with Crippen LogP contribution in [0.2, 0.25) is 0 Å². The monoisotopic (exact) mass is 299 g/mol. The van der Waals surface area contributed by atoms with Gasteiger partial charge in [0.15, 0.2) is 11.5 Å². The van der Waals surface area contributed by atoms with Crippen molar-refractivity contribution in [1.29, 1.82) is 0 Å². The Balaban J connectivity index is 2.05. The minimum Gasteiger partial charge on any atom is -0.493 e. The van der Waals surface area contributed by atoms with Crippen molar-refractivity contribution in [2.45, 2.75) is 6.61 Å². The van der Waals surface area contributed by atoms with Gasteiger partial charge in [-0.25, -0.2) is 10.2 Å². The van der Waals surface area contributed by atoms with Gasteiger partial charge in [-0.1, -0.05) is 30.3 Å². The molecule has 0 aliphatic carbocycles. The molecule has 6 nitrogen and oxygen atoms in total. The molecule has 114 valence electrons. The quantitative estimate of drug-likeness (QED) is 0.633. The molecule has 0 aliphatic heterocycles. The van der Waals surface area contributed by atoms with Crippen LogP contribution in [0.15, 0.2) is 53.6 Å². The number of primary amides is 1. The van der Waals surface area contributed by atoms with Gasteiger partial charge in [0.05, 0.1) is 13.3 Å². The van der Waals surface area contributed by atoms with Crippen molar-refractivity contribution in [2.24, 2.45) is 10.8 Å². The SMILES string of the molecule is COc1cc(C=NNC(N)=O)ccc1OCc1ccccc1. The fourth-order valence-electron chi connectivity index (χ4n) is 1.79. The van der Waals surface area contributed by atoms with E-state index in [-0.39, 0.29) is 0 Å². The van der Waals surface area contributed by atoms with E-state index in [0.29, 0.717) is 18.1 Å². The highest BCUT2D eigenvalue weighted by molar-refractivity contribution is 5.82. The van der Waals surface area contributed by atoms with E-state index in [1.54, 1.807) is 25.3 Å². The number of hydrazone groups is 1. The number of carbonyl (C=O) groups is 1. The summed E-state index contributed by atoms with van der Waals surface area (Å²) >= 11 is 0. The van der Waals surface area contributed by atoms with E-state index >= 15 is 0 Å². The highest BCUT2D eigenvalue weighted by Crippen LogP contribution is 2.28. The molecule has 0 saturated carbocycles. The molecule has 0 fully saturated rings. The number of amides is 2. The molecule has 3 N–H and O–H groups in total. The van der Waals surface area contributed by atoms with Gasteiger partial charge < -0.3 is 15.2 Å². The van der Waals surface area contributed by atoms with E-state index in [9.17, 15) is 4.79 Å². The highest BCUT2D eigenvalue weighted by atomic mass is 16.5. The van der Waals surface area contributed by atoms with E-state index in [4.69, 9.17) is 15.2 Å². The second-order valence-electron chi connectivity index (χ2n) is 4.42. The van der Waals surface area contributed by atoms with Crippen LogP contribution in [0.1, 0.15) is 11.1 Å². The third-order valence-corrected chi connectivity index (χ3v) is 2.81. The van der Waals surface area contributed by atoms with Gasteiger partial charge in [-0.2, -0.15) is 5.10 Å². The molecule has 0 aliphatic rings. The smallest absolute Gasteiger partial charge is 0.332 e. The van der Waals surface area contributed by atoms with Crippen molar-refractivity contribution in [3.05, 3.63) is 59.7 Å². The minimum absolute atomic E-state index is 0.452. The number of hydrogen-bond donors (Lipinski definition) is 2. The van der Waals surface area contributed by atoms with Crippen molar-refractivity contribution in [3.8, 4) is 11.5 Å². The highest BCUT2D eigenvalue weighted by Gasteiger charge is 2.05. The van der Waals surface area contributed by atoms with Crippen LogP contribution < -0.4 is 20.6 Å². The molecule has 0 unspecified atom stereocenters. The fraction of sp³-hybridized carbons (Fsp3) is 0.125. The zero-order chi connectivity index (χ0) is 15.8. The average Bonchev–Trinajstić information content (AvgIpc) is 2.54. The van der Waals surface area contributed by atoms with E-state index in [1.165, 1.54) is 6.21 Å². The Morgan fingerprint density at radius 2 is 2.00 bits per heavy atom. The Labute approximate surface area is 128 Å². The molecular formula is C16H17N3O3. The number of methoxy groups -OCH3 is 1. The van der Waals surface area contributed by atoms with Crippen molar-refractivity contribution in [2.75, 3.05) is 7.11 Å². The number of carbonyl (C=O) groups excluding carboxylic acids is 1. The van der Waals surface area contributed by atoms with Crippen molar-refractivity contribution >= 4 is 12.2 Å². The molecule has 0 radical (unpaired) electrons. The zero-order valence-corrected chi connectivity index (χ0v) is 12.2. The topological polar surface area (TPSA) is 85.9 Å². The predicted octanol–water partition coefficient (Wildman–Crippen LogP) is 2.28. The lowest BCUT2D eigenvalue weighted by molar-refractivity contribution is 0.249. The lowest BCUT2D eigenvalue weighted by atomic mass is 10.2. The molecule has 0 heterocycles. The van der Waals surface area contributed by atoms with Gasteiger partial charge in [-0.3, -0.25) is 0 Å². The lowest BCUT2D eigenvalue weighted by Crippen LogP contribution is -2.24. The third kappa shape index (κ3) is 4.52. The molecular weight excluding hydrogens is 282 g/mol.